The van der Waals surface area contributed by atoms with Gasteiger partial charge in [0.05, 0.1) is 6.61 Å². The van der Waals surface area contributed by atoms with E-state index in [0.29, 0.717) is 0 Å². The molecule has 0 saturated heterocycles. The quantitative estimate of drug-likeness (QED) is 0.826. The van der Waals surface area contributed by atoms with E-state index in [2.05, 4.69) is 15.6 Å². The molecule has 110 valence electrons. The largest absolute Gasteiger partial charge is 0.461 e. The number of carbonyl (C=O) groups is 2. The van der Waals surface area contributed by atoms with Gasteiger partial charge in [0, 0.05) is 6.04 Å². The first kappa shape index (κ1) is 14.4. The number of oxazole rings is 1. The van der Waals surface area contributed by atoms with Crippen LogP contribution in [0.25, 0.3) is 0 Å². The van der Waals surface area contributed by atoms with Crippen molar-refractivity contribution in [3.8, 4) is 0 Å². The fourth-order valence-corrected chi connectivity index (χ4v) is 2.20. The van der Waals surface area contributed by atoms with Crippen LogP contribution < -0.4 is 10.6 Å². The zero-order chi connectivity index (χ0) is 14.4. The van der Waals surface area contributed by atoms with Gasteiger partial charge < -0.3 is 14.5 Å². The molecule has 0 atom stereocenters. The normalized spacial score (nSPS) is 15.7. The van der Waals surface area contributed by atoms with Crippen molar-refractivity contribution in [3.05, 3.63) is 12.0 Å². The van der Waals surface area contributed by atoms with E-state index in [1.165, 1.54) is 6.42 Å². The van der Waals surface area contributed by atoms with Crippen LogP contribution in [0.5, 0.6) is 0 Å². The minimum atomic E-state index is -0.572. The van der Waals surface area contributed by atoms with Crippen molar-refractivity contribution in [2.45, 2.75) is 45.1 Å². The first-order chi connectivity index (χ1) is 9.69. The highest BCUT2D eigenvalue weighted by molar-refractivity contribution is 5.90. The molecule has 2 N–H and O–H groups in total. The molecular weight excluding hydrogens is 262 g/mol. The summed E-state index contributed by atoms with van der Waals surface area (Å²) < 4.78 is 9.79. The summed E-state index contributed by atoms with van der Waals surface area (Å²) in [6.45, 7) is 1.96. The second-order valence-corrected chi connectivity index (χ2v) is 4.69. The third-order valence-electron chi connectivity index (χ3n) is 3.15. The standard InChI is InChI=1S/C13H19N3O4/c1-2-19-11(17)10-8-20-13(15-10)16-12(18)14-9-6-4-3-5-7-9/h8-9H,2-7H2,1H3,(H2,14,15,16,18). The Morgan fingerprint density at radius 2 is 2.15 bits per heavy atom. The molecule has 0 aromatic carbocycles. The summed E-state index contributed by atoms with van der Waals surface area (Å²) in [5, 5.41) is 5.34. The van der Waals surface area contributed by atoms with Gasteiger partial charge in [-0.3, -0.25) is 5.32 Å². The van der Waals surface area contributed by atoms with Gasteiger partial charge in [-0.05, 0) is 19.8 Å². The van der Waals surface area contributed by atoms with Crippen molar-refractivity contribution >= 4 is 18.0 Å². The van der Waals surface area contributed by atoms with E-state index < -0.39 is 5.97 Å². The van der Waals surface area contributed by atoms with Gasteiger partial charge in [0.2, 0.25) is 0 Å². The second kappa shape index (κ2) is 6.93. The van der Waals surface area contributed by atoms with Crippen molar-refractivity contribution < 1.29 is 18.7 Å². The summed E-state index contributed by atoms with van der Waals surface area (Å²) in [6.07, 6.45) is 6.64. The Balaban J connectivity index is 1.83. The zero-order valence-corrected chi connectivity index (χ0v) is 11.5. The van der Waals surface area contributed by atoms with Gasteiger partial charge in [-0.2, -0.15) is 4.98 Å². The van der Waals surface area contributed by atoms with Crippen molar-refractivity contribution in [3.63, 3.8) is 0 Å². The summed E-state index contributed by atoms with van der Waals surface area (Å²) in [4.78, 5) is 27.0. The summed E-state index contributed by atoms with van der Waals surface area (Å²) >= 11 is 0. The Hall–Kier alpha value is -2.05. The lowest BCUT2D eigenvalue weighted by molar-refractivity contribution is 0.0519. The van der Waals surface area contributed by atoms with Crippen LogP contribution in [0.1, 0.15) is 49.5 Å². The molecule has 0 unspecified atom stereocenters. The summed E-state index contributed by atoms with van der Waals surface area (Å²) in [5.74, 6) is -0.572. The number of carbonyl (C=O) groups excluding carboxylic acids is 2. The van der Waals surface area contributed by atoms with Crippen LogP contribution in [0.15, 0.2) is 10.7 Å². The fourth-order valence-electron chi connectivity index (χ4n) is 2.20. The van der Waals surface area contributed by atoms with Gasteiger partial charge >= 0.3 is 18.0 Å². The average Bonchev–Trinajstić information content (AvgIpc) is 2.88. The molecule has 1 fully saturated rings. The molecule has 1 aliphatic rings. The van der Waals surface area contributed by atoms with E-state index in [1.807, 2.05) is 0 Å². The molecule has 7 heteroatoms. The maximum atomic E-state index is 11.7. The molecule has 2 amide bonds. The molecule has 0 aliphatic heterocycles. The van der Waals surface area contributed by atoms with Crippen LogP contribution in [0.2, 0.25) is 0 Å². The zero-order valence-electron chi connectivity index (χ0n) is 11.5. The predicted octanol–water partition coefficient (Wildman–Crippen LogP) is 2.31. The highest BCUT2D eigenvalue weighted by Gasteiger charge is 2.18. The number of aromatic nitrogens is 1. The van der Waals surface area contributed by atoms with Gasteiger partial charge in [-0.15, -0.1) is 0 Å². The third kappa shape index (κ3) is 3.97. The summed E-state index contributed by atoms with van der Waals surface area (Å²) in [7, 11) is 0. The first-order valence-electron chi connectivity index (χ1n) is 6.89. The second-order valence-electron chi connectivity index (χ2n) is 4.69. The maximum Gasteiger partial charge on any atom is 0.360 e. The molecule has 0 radical (unpaired) electrons. The number of anilines is 1. The van der Waals surface area contributed by atoms with Gasteiger partial charge in [0.1, 0.15) is 6.26 Å². The van der Waals surface area contributed by atoms with E-state index in [-0.39, 0.29) is 30.4 Å². The summed E-state index contributed by atoms with van der Waals surface area (Å²) in [6, 6.07) is -0.182. The molecule has 1 aliphatic carbocycles. The molecule has 1 aromatic rings. The van der Waals surface area contributed by atoms with Gasteiger partial charge in [-0.1, -0.05) is 19.3 Å². The molecule has 1 aromatic heterocycles. The number of esters is 1. The minimum Gasteiger partial charge on any atom is -0.461 e. The number of hydrogen-bond acceptors (Lipinski definition) is 5. The smallest absolute Gasteiger partial charge is 0.360 e. The number of nitrogens with one attached hydrogen (secondary N) is 2. The fraction of sp³-hybridized carbons (Fsp3) is 0.615. The number of nitrogens with zero attached hydrogens (tertiary/aromatic N) is 1. The number of hydrogen-bond donors (Lipinski definition) is 2. The monoisotopic (exact) mass is 281 g/mol. The Labute approximate surface area is 117 Å². The minimum absolute atomic E-state index is 0.0126. The molecule has 20 heavy (non-hydrogen) atoms. The van der Waals surface area contributed by atoms with Gasteiger partial charge in [-0.25, -0.2) is 9.59 Å². The van der Waals surface area contributed by atoms with Crippen LogP contribution in [0, 0.1) is 0 Å². The van der Waals surface area contributed by atoms with Crippen molar-refractivity contribution in [1.29, 1.82) is 0 Å². The lowest BCUT2D eigenvalue weighted by atomic mass is 9.96. The maximum absolute atomic E-state index is 11.7. The van der Waals surface area contributed by atoms with Crippen molar-refractivity contribution in [1.82, 2.24) is 10.3 Å². The van der Waals surface area contributed by atoms with Crippen molar-refractivity contribution in [2.75, 3.05) is 11.9 Å². The average molecular weight is 281 g/mol. The Kier molecular flexibility index (Phi) is 4.97. The lowest BCUT2D eigenvalue weighted by Gasteiger charge is -2.22. The number of rotatable bonds is 4. The van der Waals surface area contributed by atoms with E-state index >= 15 is 0 Å². The van der Waals surface area contributed by atoms with Crippen LogP contribution in [0.4, 0.5) is 10.8 Å². The molecule has 7 nitrogen and oxygen atoms in total. The lowest BCUT2D eigenvalue weighted by Crippen LogP contribution is -2.39. The SMILES string of the molecule is CCOC(=O)c1coc(NC(=O)NC2CCCCC2)n1. The van der Waals surface area contributed by atoms with Crippen LogP contribution in [-0.4, -0.2) is 29.6 Å². The van der Waals surface area contributed by atoms with Crippen LogP contribution in [-0.2, 0) is 4.74 Å². The number of ether oxygens (including phenoxy) is 1. The predicted molar refractivity (Wildman–Crippen MR) is 71.5 cm³/mol. The van der Waals surface area contributed by atoms with Crippen LogP contribution in [0.3, 0.4) is 0 Å². The van der Waals surface area contributed by atoms with Gasteiger partial charge in [0.15, 0.2) is 5.69 Å². The Morgan fingerprint density at radius 3 is 2.85 bits per heavy atom. The Morgan fingerprint density at radius 1 is 1.40 bits per heavy atom. The van der Waals surface area contributed by atoms with E-state index in [1.54, 1.807) is 6.92 Å². The van der Waals surface area contributed by atoms with Gasteiger partial charge in [0.25, 0.3) is 0 Å². The molecule has 1 saturated carbocycles. The third-order valence-corrected chi connectivity index (χ3v) is 3.15. The molecular formula is C13H19N3O4. The number of amides is 2. The molecule has 1 heterocycles. The first-order valence-corrected chi connectivity index (χ1v) is 6.89. The highest BCUT2D eigenvalue weighted by atomic mass is 16.5. The topological polar surface area (TPSA) is 93.5 Å². The van der Waals surface area contributed by atoms with Crippen LogP contribution >= 0.6 is 0 Å². The number of urea groups is 1. The molecule has 0 bridgehead atoms. The van der Waals surface area contributed by atoms with E-state index in [0.717, 1.165) is 31.9 Å². The van der Waals surface area contributed by atoms with Crippen molar-refractivity contribution in [2.24, 2.45) is 0 Å². The summed E-state index contributed by atoms with van der Waals surface area (Å²) in [5.41, 5.74) is 0.0415. The van der Waals surface area contributed by atoms with E-state index in [4.69, 9.17) is 9.15 Å². The molecule has 0 spiro atoms. The highest BCUT2D eigenvalue weighted by Crippen LogP contribution is 2.17. The Bertz CT molecular complexity index is 466. The molecule has 2 rings (SSSR count). The van der Waals surface area contributed by atoms with E-state index in [9.17, 15) is 9.59 Å².